The maximum atomic E-state index is 12.7. The quantitative estimate of drug-likeness (QED) is 0.798. The van der Waals surface area contributed by atoms with Gasteiger partial charge in [0, 0.05) is 12.6 Å². The minimum Gasteiger partial charge on any atom is -0.370 e. The van der Waals surface area contributed by atoms with Crippen LogP contribution in [0, 0.1) is 5.95 Å². The summed E-state index contributed by atoms with van der Waals surface area (Å²) < 4.78 is 12.7. The molecule has 1 N–H and O–H groups in total. The first-order valence-corrected chi connectivity index (χ1v) is 5.10. The van der Waals surface area contributed by atoms with E-state index >= 15 is 0 Å². The predicted molar refractivity (Wildman–Crippen MR) is 60.6 cm³/mol. The van der Waals surface area contributed by atoms with Crippen molar-refractivity contribution in [2.24, 2.45) is 0 Å². The van der Waals surface area contributed by atoms with Crippen LogP contribution in [-0.2, 0) is 6.42 Å². The van der Waals surface area contributed by atoms with E-state index in [1.54, 1.807) is 0 Å². The summed E-state index contributed by atoms with van der Waals surface area (Å²) in [6, 6.07) is 11.4. The van der Waals surface area contributed by atoms with E-state index in [4.69, 9.17) is 0 Å². The van der Waals surface area contributed by atoms with Gasteiger partial charge in [-0.1, -0.05) is 30.3 Å². The number of halogens is 1. The number of hydrogen-bond acceptors (Lipinski definition) is 3. The van der Waals surface area contributed by atoms with Gasteiger partial charge in [0.2, 0.25) is 5.95 Å². The molecule has 16 heavy (non-hydrogen) atoms. The maximum Gasteiger partial charge on any atom is 0.217 e. The molecule has 0 radical (unpaired) electrons. The highest BCUT2D eigenvalue weighted by Gasteiger charge is 1.96. The van der Waals surface area contributed by atoms with Gasteiger partial charge in [0.25, 0.3) is 0 Å². The summed E-state index contributed by atoms with van der Waals surface area (Å²) in [4.78, 5) is 7.30. The van der Waals surface area contributed by atoms with Crippen LogP contribution in [0.15, 0.2) is 42.7 Å². The van der Waals surface area contributed by atoms with Crippen LogP contribution in [0.4, 0.5) is 10.2 Å². The van der Waals surface area contributed by atoms with Crippen molar-refractivity contribution in [3.8, 4) is 0 Å². The van der Waals surface area contributed by atoms with E-state index in [2.05, 4.69) is 27.4 Å². The van der Waals surface area contributed by atoms with Crippen LogP contribution in [0.2, 0.25) is 0 Å². The standard InChI is InChI=1S/C12H12FN3/c13-11-8-12(16-9-15-11)14-7-6-10-4-2-1-3-5-10/h1-5,8-9H,6-7H2,(H,14,15,16). The first kappa shape index (κ1) is 10.5. The Morgan fingerprint density at radius 1 is 1.12 bits per heavy atom. The van der Waals surface area contributed by atoms with Gasteiger partial charge < -0.3 is 5.32 Å². The SMILES string of the molecule is Fc1cc(NCCc2ccccc2)ncn1. The van der Waals surface area contributed by atoms with Crippen molar-refractivity contribution < 1.29 is 4.39 Å². The van der Waals surface area contributed by atoms with Crippen molar-refractivity contribution in [1.29, 1.82) is 0 Å². The first-order valence-electron chi connectivity index (χ1n) is 5.10. The molecule has 4 heteroatoms. The summed E-state index contributed by atoms with van der Waals surface area (Å²) in [7, 11) is 0. The predicted octanol–water partition coefficient (Wildman–Crippen LogP) is 2.27. The largest absolute Gasteiger partial charge is 0.370 e. The summed E-state index contributed by atoms with van der Waals surface area (Å²) in [6.45, 7) is 0.723. The fourth-order valence-electron chi connectivity index (χ4n) is 1.41. The van der Waals surface area contributed by atoms with Gasteiger partial charge in [0.05, 0.1) is 0 Å². The third-order valence-corrected chi connectivity index (χ3v) is 2.20. The van der Waals surface area contributed by atoms with Crippen LogP contribution >= 0.6 is 0 Å². The molecular formula is C12H12FN3. The highest BCUT2D eigenvalue weighted by atomic mass is 19.1. The minimum absolute atomic E-state index is 0.516. The smallest absolute Gasteiger partial charge is 0.217 e. The Morgan fingerprint density at radius 2 is 1.94 bits per heavy atom. The minimum atomic E-state index is -0.516. The Balaban J connectivity index is 1.85. The molecule has 0 amide bonds. The third kappa shape index (κ3) is 3.02. The molecule has 1 heterocycles. The van der Waals surface area contributed by atoms with E-state index < -0.39 is 5.95 Å². The molecule has 0 unspecified atom stereocenters. The van der Waals surface area contributed by atoms with Crippen LogP contribution in [0.3, 0.4) is 0 Å². The van der Waals surface area contributed by atoms with Crippen LogP contribution in [0.1, 0.15) is 5.56 Å². The lowest BCUT2D eigenvalue weighted by molar-refractivity contribution is 0.580. The number of aromatic nitrogens is 2. The molecule has 0 atom stereocenters. The van der Waals surface area contributed by atoms with Crippen molar-refractivity contribution in [1.82, 2.24) is 9.97 Å². The molecule has 0 aliphatic carbocycles. The molecule has 2 aromatic rings. The van der Waals surface area contributed by atoms with Gasteiger partial charge in [0.15, 0.2) is 0 Å². The Hall–Kier alpha value is -1.97. The van der Waals surface area contributed by atoms with Crippen molar-refractivity contribution >= 4 is 5.82 Å². The zero-order valence-corrected chi connectivity index (χ0v) is 8.73. The number of anilines is 1. The van der Waals surface area contributed by atoms with Crippen LogP contribution in [-0.4, -0.2) is 16.5 Å². The molecule has 0 aliphatic rings. The lowest BCUT2D eigenvalue weighted by Crippen LogP contribution is -2.06. The van der Waals surface area contributed by atoms with E-state index in [0.29, 0.717) is 5.82 Å². The second kappa shape index (κ2) is 5.21. The first-order chi connectivity index (χ1) is 7.84. The number of rotatable bonds is 4. The molecule has 1 aromatic carbocycles. The fourth-order valence-corrected chi connectivity index (χ4v) is 1.41. The van der Waals surface area contributed by atoms with Gasteiger partial charge in [-0.05, 0) is 12.0 Å². The summed E-state index contributed by atoms with van der Waals surface area (Å²) in [5, 5.41) is 3.04. The van der Waals surface area contributed by atoms with Crippen LogP contribution < -0.4 is 5.32 Å². The van der Waals surface area contributed by atoms with Crippen molar-refractivity contribution in [2.75, 3.05) is 11.9 Å². The fraction of sp³-hybridized carbons (Fsp3) is 0.167. The Kier molecular flexibility index (Phi) is 3.43. The molecule has 0 fully saturated rings. The number of benzene rings is 1. The van der Waals surface area contributed by atoms with Crippen molar-refractivity contribution in [3.05, 3.63) is 54.2 Å². The molecule has 82 valence electrons. The van der Waals surface area contributed by atoms with Gasteiger partial charge >= 0.3 is 0 Å². The van der Waals surface area contributed by atoms with Gasteiger partial charge in [-0.15, -0.1) is 0 Å². The Labute approximate surface area is 93.4 Å². The number of hydrogen-bond donors (Lipinski definition) is 1. The lowest BCUT2D eigenvalue weighted by atomic mass is 10.1. The maximum absolute atomic E-state index is 12.7. The normalized spacial score (nSPS) is 10.1. The van der Waals surface area contributed by atoms with Crippen molar-refractivity contribution in [3.63, 3.8) is 0 Å². The highest BCUT2D eigenvalue weighted by Crippen LogP contribution is 2.03. The van der Waals surface area contributed by atoms with E-state index in [1.807, 2.05) is 18.2 Å². The molecule has 0 aliphatic heterocycles. The molecule has 1 aromatic heterocycles. The summed E-state index contributed by atoms with van der Waals surface area (Å²) in [5.41, 5.74) is 1.24. The Bertz CT molecular complexity index is 445. The topological polar surface area (TPSA) is 37.8 Å². The lowest BCUT2D eigenvalue weighted by Gasteiger charge is -2.04. The highest BCUT2D eigenvalue weighted by molar-refractivity contribution is 5.32. The van der Waals surface area contributed by atoms with Crippen molar-refractivity contribution in [2.45, 2.75) is 6.42 Å². The second-order valence-electron chi connectivity index (χ2n) is 3.39. The van der Waals surface area contributed by atoms with Crippen LogP contribution in [0.5, 0.6) is 0 Å². The number of nitrogens with zero attached hydrogens (tertiary/aromatic N) is 2. The summed E-state index contributed by atoms with van der Waals surface area (Å²) in [6.07, 6.45) is 2.09. The van der Waals surface area contributed by atoms with E-state index in [9.17, 15) is 4.39 Å². The summed E-state index contributed by atoms with van der Waals surface area (Å²) >= 11 is 0. The Morgan fingerprint density at radius 3 is 2.69 bits per heavy atom. The van der Waals surface area contributed by atoms with Gasteiger partial charge in [-0.3, -0.25) is 0 Å². The molecule has 0 saturated carbocycles. The van der Waals surface area contributed by atoms with E-state index in [-0.39, 0.29) is 0 Å². The molecule has 0 saturated heterocycles. The molecule has 2 rings (SSSR count). The van der Waals surface area contributed by atoms with Gasteiger partial charge in [-0.2, -0.15) is 4.39 Å². The van der Waals surface area contributed by atoms with E-state index in [1.165, 1.54) is 18.0 Å². The average molecular weight is 217 g/mol. The monoisotopic (exact) mass is 217 g/mol. The summed E-state index contributed by atoms with van der Waals surface area (Å²) in [5.74, 6) is 0.000595. The second-order valence-corrected chi connectivity index (χ2v) is 3.39. The van der Waals surface area contributed by atoms with Gasteiger partial charge in [-0.25, -0.2) is 9.97 Å². The van der Waals surface area contributed by atoms with E-state index in [0.717, 1.165) is 13.0 Å². The average Bonchev–Trinajstić information content (AvgIpc) is 2.30. The molecular weight excluding hydrogens is 205 g/mol. The number of nitrogens with one attached hydrogen (secondary N) is 1. The molecule has 0 bridgehead atoms. The van der Waals surface area contributed by atoms with Gasteiger partial charge in [0.1, 0.15) is 12.1 Å². The zero-order chi connectivity index (χ0) is 11.2. The third-order valence-electron chi connectivity index (χ3n) is 2.20. The molecule has 0 spiro atoms. The zero-order valence-electron chi connectivity index (χ0n) is 8.73. The molecule has 3 nitrogen and oxygen atoms in total. The van der Waals surface area contributed by atoms with Crippen LogP contribution in [0.25, 0.3) is 0 Å².